The van der Waals surface area contributed by atoms with Gasteiger partial charge in [-0.15, -0.1) is 0 Å². The molecular formula is C21H28N2O4. The smallest absolute Gasteiger partial charge is 0.231 e. The van der Waals surface area contributed by atoms with E-state index in [-0.39, 0.29) is 24.0 Å². The molecule has 0 spiro atoms. The molecule has 6 heteroatoms. The van der Waals surface area contributed by atoms with Gasteiger partial charge in [-0.2, -0.15) is 0 Å². The quantitative estimate of drug-likeness (QED) is 0.770. The van der Waals surface area contributed by atoms with Crippen molar-refractivity contribution in [2.45, 2.75) is 45.4 Å². The van der Waals surface area contributed by atoms with Gasteiger partial charge in [-0.25, -0.2) is 0 Å². The zero-order valence-corrected chi connectivity index (χ0v) is 16.0. The molecule has 3 heterocycles. The van der Waals surface area contributed by atoms with E-state index in [4.69, 9.17) is 9.47 Å². The van der Waals surface area contributed by atoms with Crippen molar-refractivity contribution in [2.24, 2.45) is 5.41 Å². The summed E-state index contributed by atoms with van der Waals surface area (Å²) >= 11 is 0. The number of fused-ring (bicyclic) bond motifs is 1. The van der Waals surface area contributed by atoms with Crippen LogP contribution in [0.1, 0.15) is 44.6 Å². The first-order valence-corrected chi connectivity index (χ1v) is 9.97. The minimum Gasteiger partial charge on any atom is -0.454 e. The molecule has 6 nitrogen and oxygen atoms in total. The van der Waals surface area contributed by atoms with Gasteiger partial charge in [0.25, 0.3) is 0 Å². The average Bonchev–Trinajstić information content (AvgIpc) is 3.27. The third-order valence-electron chi connectivity index (χ3n) is 5.96. The number of hydrogen-bond donors (Lipinski definition) is 0. The van der Waals surface area contributed by atoms with Gasteiger partial charge in [0.15, 0.2) is 11.5 Å². The molecule has 3 aliphatic rings. The first-order valence-electron chi connectivity index (χ1n) is 9.97. The molecule has 146 valence electrons. The Balaban J connectivity index is 1.34. The molecule has 1 aromatic carbocycles. The Morgan fingerprint density at radius 1 is 1.04 bits per heavy atom. The highest BCUT2D eigenvalue weighted by Gasteiger charge is 2.35. The minimum atomic E-state index is 0.0606. The number of piperidine rings is 1. The van der Waals surface area contributed by atoms with Crippen molar-refractivity contribution in [3.8, 4) is 11.5 Å². The molecule has 0 bridgehead atoms. The topological polar surface area (TPSA) is 59.1 Å². The van der Waals surface area contributed by atoms with Crippen LogP contribution in [0.15, 0.2) is 18.2 Å². The third-order valence-corrected chi connectivity index (χ3v) is 5.96. The fourth-order valence-corrected chi connectivity index (χ4v) is 4.48. The maximum absolute atomic E-state index is 12.4. The molecule has 1 atom stereocenters. The molecule has 0 aromatic heterocycles. The zero-order chi connectivity index (χ0) is 18.9. The molecule has 2 amide bonds. The molecule has 0 N–H and O–H groups in total. The molecule has 2 saturated heterocycles. The summed E-state index contributed by atoms with van der Waals surface area (Å²) in [6.45, 7) is 5.70. The van der Waals surface area contributed by atoms with Crippen LogP contribution in [0.4, 0.5) is 0 Å². The summed E-state index contributed by atoms with van der Waals surface area (Å²) in [5, 5.41) is 0. The van der Waals surface area contributed by atoms with Gasteiger partial charge in [0.1, 0.15) is 0 Å². The lowest BCUT2D eigenvalue weighted by molar-refractivity contribution is -0.137. The lowest BCUT2D eigenvalue weighted by Gasteiger charge is -2.40. The van der Waals surface area contributed by atoms with Gasteiger partial charge in [-0.1, -0.05) is 13.0 Å². The van der Waals surface area contributed by atoms with Gasteiger partial charge >= 0.3 is 0 Å². The standard InChI is InChI=1S/C21H28N2O4/c1-21(13-16-5-6-17-18(12-16)27-15-26-17)8-7-20(25)23(14-21)11-3-10-22-9-2-4-19(22)24/h5-6,12H,2-4,7-11,13-15H2,1H3/t21-/m0/s1. The summed E-state index contributed by atoms with van der Waals surface area (Å²) in [5.41, 5.74) is 1.28. The summed E-state index contributed by atoms with van der Waals surface area (Å²) in [6, 6.07) is 6.13. The van der Waals surface area contributed by atoms with Gasteiger partial charge in [0.05, 0.1) is 0 Å². The Morgan fingerprint density at radius 2 is 1.81 bits per heavy atom. The number of likely N-dealkylation sites (tertiary alicyclic amines) is 2. The van der Waals surface area contributed by atoms with E-state index in [0.717, 1.165) is 63.4 Å². The predicted molar refractivity (Wildman–Crippen MR) is 101 cm³/mol. The van der Waals surface area contributed by atoms with Crippen LogP contribution in [0.2, 0.25) is 0 Å². The van der Waals surface area contributed by atoms with Gasteiger partial charge in [0, 0.05) is 39.0 Å². The molecule has 4 rings (SSSR count). The van der Waals surface area contributed by atoms with E-state index in [1.807, 2.05) is 15.9 Å². The number of carbonyl (C=O) groups excluding carboxylic acids is 2. The van der Waals surface area contributed by atoms with Gasteiger partial charge < -0.3 is 19.3 Å². The van der Waals surface area contributed by atoms with Gasteiger partial charge in [0.2, 0.25) is 18.6 Å². The average molecular weight is 372 g/mol. The Labute approximate surface area is 160 Å². The van der Waals surface area contributed by atoms with Crippen molar-refractivity contribution in [3.05, 3.63) is 23.8 Å². The van der Waals surface area contributed by atoms with Crippen LogP contribution in [-0.2, 0) is 16.0 Å². The Hall–Kier alpha value is -2.24. The van der Waals surface area contributed by atoms with Crippen LogP contribution in [0.5, 0.6) is 11.5 Å². The first-order chi connectivity index (χ1) is 13.0. The van der Waals surface area contributed by atoms with E-state index < -0.39 is 0 Å². The molecule has 3 aliphatic heterocycles. The second-order valence-electron chi connectivity index (χ2n) is 8.33. The maximum Gasteiger partial charge on any atom is 0.231 e. The van der Waals surface area contributed by atoms with E-state index in [9.17, 15) is 9.59 Å². The first kappa shape index (κ1) is 18.1. The molecule has 27 heavy (non-hydrogen) atoms. The summed E-state index contributed by atoms with van der Waals surface area (Å²) < 4.78 is 10.9. The second-order valence-corrected chi connectivity index (χ2v) is 8.33. The SMILES string of the molecule is C[C@@]1(Cc2ccc3c(c2)OCO3)CCC(=O)N(CCCN2CCCC2=O)C1. The van der Waals surface area contributed by atoms with Gasteiger partial charge in [-0.3, -0.25) is 9.59 Å². The van der Waals surface area contributed by atoms with Crippen molar-refractivity contribution in [3.63, 3.8) is 0 Å². The monoisotopic (exact) mass is 372 g/mol. The predicted octanol–water partition coefficient (Wildman–Crippen LogP) is 2.60. The molecule has 2 fully saturated rings. The second kappa shape index (κ2) is 7.41. The molecule has 1 aromatic rings. The summed E-state index contributed by atoms with van der Waals surface area (Å²) in [6.07, 6.45) is 4.92. The van der Waals surface area contributed by atoms with Crippen molar-refractivity contribution in [1.29, 1.82) is 0 Å². The summed E-state index contributed by atoms with van der Waals surface area (Å²) in [5.74, 6) is 2.12. The van der Waals surface area contributed by atoms with Crippen molar-refractivity contribution >= 4 is 11.8 Å². The van der Waals surface area contributed by atoms with E-state index in [1.54, 1.807) is 0 Å². The highest BCUT2D eigenvalue weighted by atomic mass is 16.7. The summed E-state index contributed by atoms with van der Waals surface area (Å²) in [4.78, 5) is 28.0. The Bertz CT molecular complexity index is 735. The maximum atomic E-state index is 12.4. The Morgan fingerprint density at radius 3 is 2.63 bits per heavy atom. The van der Waals surface area contributed by atoms with Crippen molar-refractivity contribution in [2.75, 3.05) is 33.0 Å². The molecule has 0 saturated carbocycles. The zero-order valence-electron chi connectivity index (χ0n) is 16.0. The molecular weight excluding hydrogens is 344 g/mol. The van der Waals surface area contributed by atoms with Crippen molar-refractivity contribution < 1.29 is 19.1 Å². The van der Waals surface area contributed by atoms with E-state index in [0.29, 0.717) is 12.8 Å². The number of amides is 2. The summed E-state index contributed by atoms with van der Waals surface area (Å²) in [7, 11) is 0. The van der Waals surface area contributed by atoms with Crippen LogP contribution in [0, 0.1) is 5.41 Å². The molecule has 0 aliphatic carbocycles. The Kier molecular flexibility index (Phi) is 4.98. The number of hydrogen-bond acceptors (Lipinski definition) is 4. The fraction of sp³-hybridized carbons (Fsp3) is 0.619. The lowest BCUT2D eigenvalue weighted by Crippen LogP contribution is -2.47. The van der Waals surface area contributed by atoms with Crippen LogP contribution in [-0.4, -0.2) is 54.6 Å². The van der Waals surface area contributed by atoms with Crippen molar-refractivity contribution in [1.82, 2.24) is 9.80 Å². The van der Waals surface area contributed by atoms with Crippen LogP contribution in [0.25, 0.3) is 0 Å². The van der Waals surface area contributed by atoms with E-state index >= 15 is 0 Å². The fourth-order valence-electron chi connectivity index (χ4n) is 4.48. The van der Waals surface area contributed by atoms with Crippen LogP contribution in [0.3, 0.4) is 0 Å². The number of rotatable bonds is 6. The number of nitrogens with zero attached hydrogens (tertiary/aromatic N) is 2. The van der Waals surface area contributed by atoms with Crippen LogP contribution >= 0.6 is 0 Å². The van der Waals surface area contributed by atoms with Crippen LogP contribution < -0.4 is 9.47 Å². The molecule has 0 radical (unpaired) electrons. The lowest BCUT2D eigenvalue weighted by atomic mass is 9.76. The third kappa shape index (κ3) is 4.04. The van der Waals surface area contributed by atoms with Gasteiger partial charge in [-0.05, 0) is 48.8 Å². The number of carbonyl (C=O) groups is 2. The minimum absolute atomic E-state index is 0.0606. The van der Waals surface area contributed by atoms with E-state index in [2.05, 4.69) is 19.1 Å². The molecule has 0 unspecified atom stereocenters. The number of ether oxygens (including phenoxy) is 2. The number of benzene rings is 1. The highest BCUT2D eigenvalue weighted by molar-refractivity contribution is 5.78. The highest BCUT2D eigenvalue weighted by Crippen LogP contribution is 2.37. The van der Waals surface area contributed by atoms with E-state index in [1.165, 1.54) is 5.56 Å². The largest absolute Gasteiger partial charge is 0.454 e. The normalized spacial score (nSPS) is 24.8.